The van der Waals surface area contributed by atoms with Gasteiger partial charge in [-0.2, -0.15) is 0 Å². The van der Waals surface area contributed by atoms with Gasteiger partial charge in [0, 0.05) is 24.7 Å². The number of nitrogens with zero attached hydrogens (tertiary/aromatic N) is 4. The summed E-state index contributed by atoms with van der Waals surface area (Å²) in [6.07, 6.45) is 0.141. The summed E-state index contributed by atoms with van der Waals surface area (Å²) in [5.41, 5.74) is 1.80. The molecule has 3 heterocycles. The molecule has 0 unspecified atom stereocenters. The van der Waals surface area contributed by atoms with Crippen LogP contribution in [0.15, 0.2) is 39.2 Å². The minimum absolute atomic E-state index is 0.0822. The highest BCUT2D eigenvalue weighted by Gasteiger charge is 2.36. The van der Waals surface area contributed by atoms with Crippen LogP contribution in [0.4, 0.5) is 16.6 Å². The molecule has 4 rings (SSSR count). The summed E-state index contributed by atoms with van der Waals surface area (Å²) in [5.74, 6) is -0.0318. The van der Waals surface area contributed by atoms with E-state index < -0.39 is 5.92 Å². The normalized spacial score (nSPS) is 15.8. The van der Waals surface area contributed by atoms with Crippen molar-refractivity contribution in [2.24, 2.45) is 5.92 Å². The molecular weight excluding hydrogens is 452 g/mol. The van der Waals surface area contributed by atoms with Crippen LogP contribution in [0.5, 0.6) is 0 Å². The number of rotatable bonds is 7. The van der Waals surface area contributed by atoms with Crippen molar-refractivity contribution in [2.45, 2.75) is 24.6 Å². The second-order valence-corrected chi connectivity index (χ2v) is 9.41. The number of hydrogen-bond acceptors (Lipinski definition) is 9. The third-order valence-corrected chi connectivity index (χ3v) is 6.73. The molecule has 3 aromatic rings. The van der Waals surface area contributed by atoms with E-state index in [0.717, 1.165) is 11.3 Å². The fraction of sp³-hybridized carbons (Fsp3) is 0.300. The van der Waals surface area contributed by atoms with Gasteiger partial charge >= 0.3 is 0 Å². The molecule has 12 heteroatoms. The first kappa shape index (κ1) is 22.0. The van der Waals surface area contributed by atoms with Crippen molar-refractivity contribution >= 4 is 57.5 Å². The van der Waals surface area contributed by atoms with Gasteiger partial charge in [-0.1, -0.05) is 46.5 Å². The van der Waals surface area contributed by atoms with Crippen LogP contribution in [-0.4, -0.2) is 45.4 Å². The molecule has 2 N–H and O–H groups in total. The maximum Gasteiger partial charge on any atom is 0.236 e. The first-order valence-electron chi connectivity index (χ1n) is 9.75. The number of benzene rings is 1. The Morgan fingerprint density at radius 3 is 2.81 bits per heavy atom. The summed E-state index contributed by atoms with van der Waals surface area (Å²) in [6, 6.07) is 9.21. The number of hydrogen-bond donors (Lipinski definition) is 2. The lowest BCUT2D eigenvalue weighted by atomic mass is 10.1. The number of carbonyl (C=O) groups excluding carboxylic acids is 3. The highest BCUT2D eigenvalue weighted by molar-refractivity contribution is 8.01. The average molecular weight is 473 g/mol. The van der Waals surface area contributed by atoms with Gasteiger partial charge in [0.05, 0.1) is 11.7 Å². The molecule has 0 bridgehead atoms. The smallest absolute Gasteiger partial charge is 0.236 e. The quantitative estimate of drug-likeness (QED) is 0.397. The van der Waals surface area contributed by atoms with Gasteiger partial charge in [-0.05, 0) is 25.5 Å². The largest absolute Gasteiger partial charge is 0.360 e. The summed E-state index contributed by atoms with van der Waals surface area (Å²) in [7, 11) is 0. The second-order valence-electron chi connectivity index (χ2n) is 7.21. The monoisotopic (exact) mass is 472 g/mol. The highest BCUT2D eigenvalue weighted by Crippen LogP contribution is 2.30. The van der Waals surface area contributed by atoms with Crippen LogP contribution >= 0.6 is 23.1 Å². The van der Waals surface area contributed by atoms with E-state index in [-0.39, 0.29) is 29.9 Å². The Balaban J connectivity index is 1.28. The topological polar surface area (TPSA) is 130 Å². The molecule has 10 nitrogen and oxygen atoms in total. The van der Waals surface area contributed by atoms with Crippen LogP contribution in [0, 0.1) is 19.8 Å². The number of carbonyl (C=O) groups is 3. The molecule has 1 fully saturated rings. The first-order chi connectivity index (χ1) is 15.4. The van der Waals surface area contributed by atoms with Crippen molar-refractivity contribution in [3.05, 3.63) is 41.7 Å². The summed E-state index contributed by atoms with van der Waals surface area (Å²) in [6.45, 7) is 3.98. The van der Waals surface area contributed by atoms with Crippen molar-refractivity contribution in [3.8, 4) is 0 Å². The van der Waals surface area contributed by atoms with Gasteiger partial charge in [0.15, 0.2) is 10.2 Å². The van der Waals surface area contributed by atoms with E-state index in [1.54, 1.807) is 17.9 Å². The minimum atomic E-state index is -0.473. The predicted octanol–water partition coefficient (Wildman–Crippen LogP) is 2.87. The first-order valence-corrected chi connectivity index (χ1v) is 11.6. The van der Waals surface area contributed by atoms with Crippen LogP contribution < -0.4 is 15.5 Å². The van der Waals surface area contributed by atoms with Crippen LogP contribution in [-0.2, 0) is 14.4 Å². The third kappa shape index (κ3) is 5.14. The molecule has 3 amide bonds. The zero-order valence-electron chi connectivity index (χ0n) is 17.3. The van der Waals surface area contributed by atoms with Crippen molar-refractivity contribution in [1.82, 2.24) is 15.4 Å². The summed E-state index contributed by atoms with van der Waals surface area (Å²) < 4.78 is 5.44. The molecule has 0 saturated carbocycles. The van der Waals surface area contributed by atoms with Crippen molar-refractivity contribution < 1.29 is 18.9 Å². The standard InChI is InChI=1S/C20H20N6O4S2/c1-11-5-3-4-6-14(11)26-9-13(8-17(26)28)18(29)22-19-23-24-20(32-19)31-10-16(27)21-15-7-12(2)30-25-15/h3-7,13H,8-10H2,1-2H3,(H,21,25,27)(H,22,23,29)/t13-/m1/s1. The SMILES string of the molecule is Cc1cc(NC(=O)CSc2nnc(NC(=O)[C@@H]3CC(=O)N(c4ccccc4C)C3)s2)no1. The van der Waals surface area contributed by atoms with Crippen molar-refractivity contribution in [2.75, 3.05) is 27.8 Å². The lowest BCUT2D eigenvalue weighted by Crippen LogP contribution is -2.28. The van der Waals surface area contributed by atoms with E-state index in [1.165, 1.54) is 23.1 Å². The lowest BCUT2D eigenvalue weighted by molar-refractivity contribution is -0.122. The number of amides is 3. The minimum Gasteiger partial charge on any atom is -0.360 e. The molecular formula is C20H20N6O4S2. The van der Waals surface area contributed by atoms with Gasteiger partial charge in [-0.15, -0.1) is 10.2 Å². The second kappa shape index (κ2) is 9.49. The summed E-state index contributed by atoms with van der Waals surface area (Å²) in [5, 5.41) is 17.3. The molecule has 2 aromatic heterocycles. The van der Waals surface area contributed by atoms with Crippen LogP contribution in [0.2, 0.25) is 0 Å². The Bertz CT molecular complexity index is 1160. The Hall–Kier alpha value is -3.25. The lowest BCUT2D eigenvalue weighted by Gasteiger charge is -2.18. The molecule has 166 valence electrons. The van der Waals surface area contributed by atoms with E-state index in [4.69, 9.17) is 4.52 Å². The summed E-state index contributed by atoms with van der Waals surface area (Å²) >= 11 is 2.36. The molecule has 1 aromatic carbocycles. The Morgan fingerprint density at radius 2 is 2.06 bits per heavy atom. The average Bonchev–Trinajstić information content (AvgIpc) is 3.47. The summed E-state index contributed by atoms with van der Waals surface area (Å²) in [4.78, 5) is 38.8. The fourth-order valence-electron chi connectivity index (χ4n) is 3.24. The number of thioether (sulfide) groups is 1. The number of anilines is 3. The van der Waals surface area contributed by atoms with Gasteiger partial charge in [0.25, 0.3) is 0 Å². The number of aryl methyl sites for hydroxylation is 2. The van der Waals surface area contributed by atoms with E-state index in [1.807, 2.05) is 31.2 Å². The molecule has 1 saturated heterocycles. The third-order valence-electron chi connectivity index (χ3n) is 4.76. The van der Waals surface area contributed by atoms with Crippen LogP contribution in [0.25, 0.3) is 0 Å². The van der Waals surface area contributed by atoms with Crippen LogP contribution in [0.3, 0.4) is 0 Å². The van der Waals surface area contributed by atoms with Crippen molar-refractivity contribution in [3.63, 3.8) is 0 Å². The molecule has 1 aliphatic heterocycles. The van der Waals surface area contributed by atoms with Gasteiger partial charge < -0.3 is 20.1 Å². The predicted molar refractivity (Wildman–Crippen MR) is 121 cm³/mol. The van der Waals surface area contributed by atoms with E-state index in [0.29, 0.717) is 27.6 Å². The zero-order valence-corrected chi connectivity index (χ0v) is 19.0. The number of para-hydroxylation sites is 1. The maximum absolute atomic E-state index is 12.7. The molecule has 0 aliphatic carbocycles. The highest BCUT2D eigenvalue weighted by atomic mass is 32.2. The van der Waals surface area contributed by atoms with Gasteiger partial charge in [0.1, 0.15) is 5.76 Å². The molecule has 0 spiro atoms. The number of nitrogens with one attached hydrogen (secondary N) is 2. The molecule has 32 heavy (non-hydrogen) atoms. The van der Waals surface area contributed by atoms with E-state index in [9.17, 15) is 14.4 Å². The van der Waals surface area contributed by atoms with E-state index in [2.05, 4.69) is 26.0 Å². The Morgan fingerprint density at radius 1 is 1.25 bits per heavy atom. The van der Waals surface area contributed by atoms with Crippen molar-refractivity contribution in [1.29, 1.82) is 0 Å². The maximum atomic E-state index is 12.7. The van der Waals surface area contributed by atoms with Gasteiger partial charge in [0.2, 0.25) is 22.9 Å². The fourth-order valence-corrected chi connectivity index (χ4v) is 4.79. The molecule has 0 radical (unpaired) electrons. The Kier molecular flexibility index (Phi) is 6.51. The Labute approximate surface area is 191 Å². The van der Waals surface area contributed by atoms with E-state index >= 15 is 0 Å². The molecule has 1 atom stereocenters. The zero-order chi connectivity index (χ0) is 22.7. The molecule has 1 aliphatic rings. The van der Waals surface area contributed by atoms with Gasteiger partial charge in [-0.25, -0.2) is 0 Å². The van der Waals surface area contributed by atoms with Crippen LogP contribution in [0.1, 0.15) is 17.7 Å². The number of aromatic nitrogens is 3. The van der Waals surface area contributed by atoms with Gasteiger partial charge in [-0.3, -0.25) is 14.4 Å².